The number of likely N-dealkylation sites (tertiary alicyclic amines) is 1. The normalized spacial score (nSPS) is 18.0. The van der Waals surface area contributed by atoms with Crippen LogP contribution < -0.4 is 4.74 Å². The van der Waals surface area contributed by atoms with E-state index in [9.17, 15) is 14.7 Å². The number of hydrogen-bond donors (Lipinski definition) is 2. The van der Waals surface area contributed by atoms with Gasteiger partial charge in [0.1, 0.15) is 11.5 Å². The average Bonchev–Trinajstić information content (AvgIpc) is 2.52. The van der Waals surface area contributed by atoms with Gasteiger partial charge in [0.25, 0.3) is 5.91 Å². The van der Waals surface area contributed by atoms with Crippen molar-refractivity contribution in [2.45, 2.75) is 25.7 Å². The average molecular weight is 307 g/mol. The van der Waals surface area contributed by atoms with Crippen molar-refractivity contribution in [3.8, 4) is 11.5 Å². The smallest absolute Gasteiger partial charge is 0.303 e. The molecule has 0 aliphatic carbocycles. The van der Waals surface area contributed by atoms with Gasteiger partial charge in [-0.1, -0.05) is 0 Å². The Morgan fingerprint density at radius 1 is 1.27 bits per heavy atom. The molecule has 1 atom stereocenters. The van der Waals surface area contributed by atoms with Gasteiger partial charge in [0.15, 0.2) is 6.61 Å². The first-order chi connectivity index (χ1) is 10.5. The van der Waals surface area contributed by atoms with E-state index in [2.05, 4.69) is 0 Å². The topological polar surface area (TPSA) is 87.1 Å². The summed E-state index contributed by atoms with van der Waals surface area (Å²) in [5.41, 5.74) is 0. The molecule has 0 spiro atoms. The Morgan fingerprint density at radius 2 is 2.00 bits per heavy atom. The quantitative estimate of drug-likeness (QED) is 0.838. The summed E-state index contributed by atoms with van der Waals surface area (Å²) in [7, 11) is 0. The number of rotatable bonds is 6. The molecule has 6 nitrogen and oxygen atoms in total. The second-order valence-corrected chi connectivity index (χ2v) is 5.56. The third-order valence-corrected chi connectivity index (χ3v) is 3.84. The van der Waals surface area contributed by atoms with E-state index in [-0.39, 0.29) is 30.6 Å². The van der Waals surface area contributed by atoms with Gasteiger partial charge in [-0.25, -0.2) is 0 Å². The molecule has 1 heterocycles. The number of aliphatic carboxylic acids is 1. The molecule has 1 unspecified atom stereocenters. The van der Waals surface area contributed by atoms with E-state index < -0.39 is 5.97 Å². The summed E-state index contributed by atoms with van der Waals surface area (Å²) in [5, 5.41) is 17.9. The first kappa shape index (κ1) is 16.1. The lowest BCUT2D eigenvalue weighted by Crippen LogP contribution is -2.42. The number of nitrogens with zero attached hydrogens (tertiary/aromatic N) is 1. The van der Waals surface area contributed by atoms with E-state index in [1.54, 1.807) is 17.0 Å². The predicted octanol–water partition coefficient (Wildman–Crippen LogP) is 1.87. The zero-order valence-corrected chi connectivity index (χ0v) is 12.4. The molecule has 0 bridgehead atoms. The number of amides is 1. The third-order valence-electron chi connectivity index (χ3n) is 3.84. The molecule has 1 aliphatic rings. The van der Waals surface area contributed by atoms with Crippen molar-refractivity contribution in [2.24, 2.45) is 5.92 Å². The number of phenolic OH excluding ortho intramolecular Hbond substituents is 1. The standard InChI is InChI=1S/C16H21NO5/c18-13-4-6-14(7-5-13)22-11-15(19)17-9-1-2-12(10-17)3-8-16(20)21/h4-7,12,18H,1-3,8-11H2,(H,20,21). The SMILES string of the molecule is O=C(O)CCC1CCCN(C(=O)COc2ccc(O)cc2)C1. The predicted molar refractivity (Wildman–Crippen MR) is 79.8 cm³/mol. The highest BCUT2D eigenvalue weighted by Crippen LogP contribution is 2.21. The molecule has 1 saturated heterocycles. The van der Waals surface area contributed by atoms with Gasteiger partial charge >= 0.3 is 5.97 Å². The molecule has 0 radical (unpaired) electrons. The number of phenols is 1. The van der Waals surface area contributed by atoms with Crippen LogP contribution >= 0.6 is 0 Å². The van der Waals surface area contributed by atoms with Crippen molar-refractivity contribution in [3.63, 3.8) is 0 Å². The highest BCUT2D eigenvalue weighted by molar-refractivity contribution is 5.77. The summed E-state index contributed by atoms with van der Waals surface area (Å²) in [6.07, 6.45) is 2.62. The fourth-order valence-corrected chi connectivity index (χ4v) is 2.63. The van der Waals surface area contributed by atoms with E-state index in [0.29, 0.717) is 25.3 Å². The second-order valence-electron chi connectivity index (χ2n) is 5.56. The maximum Gasteiger partial charge on any atom is 0.303 e. The minimum atomic E-state index is -0.792. The Hall–Kier alpha value is -2.24. The Bertz CT molecular complexity index is 514. The van der Waals surface area contributed by atoms with Crippen LogP contribution in [0.2, 0.25) is 0 Å². The molecule has 1 aromatic carbocycles. The maximum atomic E-state index is 12.2. The molecule has 0 saturated carbocycles. The van der Waals surface area contributed by atoms with Crippen LogP contribution in [0.25, 0.3) is 0 Å². The van der Waals surface area contributed by atoms with Crippen molar-refractivity contribution in [3.05, 3.63) is 24.3 Å². The highest BCUT2D eigenvalue weighted by Gasteiger charge is 2.24. The molecular formula is C16H21NO5. The summed E-state index contributed by atoms with van der Waals surface area (Å²) in [5.74, 6) is 0.0521. The molecule has 2 N–H and O–H groups in total. The van der Waals surface area contributed by atoms with E-state index >= 15 is 0 Å². The zero-order valence-electron chi connectivity index (χ0n) is 12.4. The number of carboxylic acids is 1. The van der Waals surface area contributed by atoms with E-state index in [4.69, 9.17) is 9.84 Å². The van der Waals surface area contributed by atoms with Gasteiger partial charge in [0.05, 0.1) is 0 Å². The number of piperidine rings is 1. The second kappa shape index (κ2) is 7.68. The molecule has 2 rings (SSSR count). The van der Waals surface area contributed by atoms with Crippen LogP contribution in [0.3, 0.4) is 0 Å². The van der Waals surface area contributed by atoms with Crippen LogP contribution in [0, 0.1) is 5.92 Å². The monoisotopic (exact) mass is 307 g/mol. The lowest BCUT2D eigenvalue weighted by atomic mass is 9.93. The first-order valence-corrected chi connectivity index (χ1v) is 7.46. The summed E-state index contributed by atoms with van der Waals surface area (Å²) in [6.45, 7) is 1.25. The van der Waals surface area contributed by atoms with Gasteiger partial charge in [0, 0.05) is 19.5 Å². The third kappa shape index (κ3) is 4.95. The van der Waals surface area contributed by atoms with Gasteiger partial charge in [0.2, 0.25) is 0 Å². The number of ether oxygens (including phenoxy) is 1. The van der Waals surface area contributed by atoms with Crippen LogP contribution in [0.5, 0.6) is 11.5 Å². The lowest BCUT2D eigenvalue weighted by molar-refractivity contribution is -0.137. The van der Waals surface area contributed by atoms with E-state index in [0.717, 1.165) is 12.8 Å². The number of hydrogen-bond acceptors (Lipinski definition) is 4. The van der Waals surface area contributed by atoms with Crippen molar-refractivity contribution in [1.29, 1.82) is 0 Å². The van der Waals surface area contributed by atoms with Crippen LogP contribution in [-0.2, 0) is 9.59 Å². The number of carbonyl (C=O) groups is 2. The first-order valence-electron chi connectivity index (χ1n) is 7.46. The lowest BCUT2D eigenvalue weighted by Gasteiger charge is -2.32. The maximum absolute atomic E-state index is 12.2. The summed E-state index contributed by atoms with van der Waals surface area (Å²) in [6, 6.07) is 6.22. The Morgan fingerprint density at radius 3 is 2.68 bits per heavy atom. The fourth-order valence-electron chi connectivity index (χ4n) is 2.63. The number of benzene rings is 1. The van der Waals surface area contributed by atoms with Crippen molar-refractivity contribution in [2.75, 3.05) is 19.7 Å². The van der Waals surface area contributed by atoms with Gasteiger partial charge < -0.3 is 19.8 Å². The zero-order chi connectivity index (χ0) is 15.9. The molecular weight excluding hydrogens is 286 g/mol. The van der Waals surface area contributed by atoms with Gasteiger partial charge in [-0.05, 0) is 49.4 Å². The Labute approximate surface area is 129 Å². The Kier molecular flexibility index (Phi) is 5.63. The number of carboxylic acid groups (broad SMARTS) is 1. The largest absolute Gasteiger partial charge is 0.508 e. The molecule has 1 aromatic rings. The van der Waals surface area contributed by atoms with Crippen LogP contribution in [0.4, 0.5) is 0 Å². The number of aromatic hydroxyl groups is 1. The van der Waals surface area contributed by atoms with E-state index in [1.807, 2.05) is 0 Å². The van der Waals surface area contributed by atoms with Crippen molar-refractivity contribution in [1.82, 2.24) is 4.90 Å². The molecule has 1 aliphatic heterocycles. The molecule has 1 fully saturated rings. The summed E-state index contributed by atoms with van der Waals surface area (Å²) in [4.78, 5) is 24.5. The van der Waals surface area contributed by atoms with Gasteiger partial charge in [-0.3, -0.25) is 9.59 Å². The summed E-state index contributed by atoms with van der Waals surface area (Å²) < 4.78 is 5.41. The highest BCUT2D eigenvalue weighted by atomic mass is 16.5. The van der Waals surface area contributed by atoms with Crippen LogP contribution in [0.1, 0.15) is 25.7 Å². The molecule has 1 amide bonds. The van der Waals surface area contributed by atoms with Crippen LogP contribution in [0.15, 0.2) is 24.3 Å². The minimum absolute atomic E-state index is 0.0452. The van der Waals surface area contributed by atoms with Gasteiger partial charge in [-0.15, -0.1) is 0 Å². The Balaban J connectivity index is 1.78. The molecule has 22 heavy (non-hydrogen) atoms. The minimum Gasteiger partial charge on any atom is -0.508 e. The van der Waals surface area contributed by atoms with E-state index in [1.165, 1.54) is 12.1 Å². The number of carbonyl (C=O) groups excluding carboxylic acids is 1. The van der Waals surface area contributed by atoms with Gasteiger partial charge in [-0.2, -0.15) is 0 Å². The molecule has 120 valence electrons. The van der Waals surface area contributed by atoms with Crippen molar-refractivity contribution < 1.29 is 24.5 Å². The molecule has 6 heteroatoms. The van der Waals surface area contributed by atoms with Crippen LogP contribution in [-0.4, -0.2) is 46.7 Å². The fraction of sp³-hybridized carbons (Fsp3) is 0.500. The summed E-state index contributed by atoms with van der Waals surface area (Å²) >= 11 is 0. The van der Waals surface area contributed by atoms with Crippen molar-refractivity contribution >= 4 is 11.9 Å². The molecule has 0 aromatic heterocycles.